The lowest BCUT2D eigenvalue weighted by Gasteiger charge is -2.32. The van der Waals surface area contributed by atoms with Gasteiger partial charge in [0.2, 0.25) is 0 Å². The van der Waals surface area contributed by atoms with Crippen LogP contribution in [0, 0.1) is 0 Å². The first-order chi connectivity index (χ1) is 7.71. The van der Waals surface area contributed by atoms with Crippen molar-refractivity contribution in [3.05, 3.63) is 22.4 Å². The lowest BCUT2D eigenvalue weighted by molar-refractivity contribution is 0.00578. The number of nitrogen functional groups attached to an aromatic ring is 1. The second kappa shape index (κ2) is 3.61. The Labute approximate surface area is 100 Å². The summed E-state index contributed by atoms with van der Waals surface area (Å²) in [7, 11) is -0.587. The largest absolute Gasteiger partial charge is 0.512 e. The summed E-state index contributed by atoms with van der Waals surface area (Å²) in [6.07, 6.45) is 0. The lowest BCUT2D eigenvalue weighted by Crippen LogP contribution is -2.41. The molecule has 1 fully saturated rings. The first-order valence-corrected chi connectivity index (χ1v) is 5.57. The maximum atomic E-state index is 11.4. The van der Waals surface area contributed by atoms with Gasteiger partial charge in [0.25, 0.3) is 0 Å². The number of nitrogens with two attached hydrogens (primary N) is 1. The van der Waals surface area contributed by atoms with Crippen LogP contribution in [0.15, 0.2) is 16.9 Å². The van der Waals surface area contributed by atoms with E-state index in [0.717, 1.165) is 0 Å². The van der Waals surface area contributed by atoms with Gasteiger partial charge >= 0.3 is 7.12 Å². The van der Waals surface area contributed by atoms with E-state index in [4.69, 9.17) is 15.0 Å². The van der Waals surface area contributed by atoms with Gasteiger partial charge < -0.3 is 20.0 Å². The van der Waals surface area contributed by atoms with Gasteiger partial charge in [0.15, 0.2) is 5.43 Å². The second-order valence-electron chi connectivity index (χ2n) is 5.31. The molecule has 0 saturated carbocycles. The van der Waals surface area contributed by atoms with Crippen molar-refractivity contribution in [2.24, 2.45) is 0 Å². The van der Waals surface area contributed by atoms with Crippen molar-refractivity contribution in [2.45, 2.75) is 38.9 Å². The van der Waals surface area contributed by atoms with Crippen molar-refractivity contribution in [3.63, 3.8) is 0 Å². The van der Waals surface area contributed by atoms with E-state index in [1.54, 1.807) is 0 Å². The Morgan fingerprint density at radius 2 is 1.71 bits per heavy atom. The number of pyridine rings is 1. The molecule has 0 aliphatic carbocycles. The van der Waals surface area contributed by atoms with Gasteiger partial charge in [-0.25, -0.2) is 0 Å². The van der Waals surface area contributed by atoms with Crippen LogP contribution in [0.25, 0.3) is 0 Å². The number of anilines is 1. The molecule has 1 aliphatic heterocycles. The molecule has 0 spiro atoms. The van der Waals surface area contributed by atoms with E-state index in [2.05, 4.69) is 4.98 Å². The minimum atomic E-state index is -0.587. The number of nitrogens with one attached hydrogen (secondary N) is 1. The second-order valence-corrected chi connectivity index (χ2v) is 5.31. The first-order valence-electron chi connectivity index (χ1n) is 5.57. The molecule has 2 rings (SSSR count). The van der Waals surface area contributed by atoms with Crippen molar-refractivity contribution in [3.8, 4) is 0 Å². The zero-order valence-electron chi connectivity index (χ0n) is 10.5. The van der Waals surface area contributed by atoms with Crippen molar-refractivity contribution in [1.29, 1.82) is 0 Å². The molecule has 0 amide bonds. The van der Waals surface area contributed by atoms with Crippen LogP contribution in [0.3, 0.4) is 0 Å². The molecule has 0 atom stereocenters. The van der Waals surface area contributed by atoms with Crippen LogP contribution in [-0.4, -0.2) is 23.3 Å². The van der Waals surface area contributed by atoms with E-state index >= 15 is 0 Å². The molecule has 0 aromatic carbocycles. The average Bonchev–Trinajstić information content (AvgIpc) is 2.34. The van der Waals surface area contributed by atoms with E-state index in [1.807, 2.05) is 27.7 Å². The summed E-state index contributed by atoms with van der Waals surface area (Å²) in [5.41, 5.74) is 5.12. The van der Waals surface area contributed by atoms with Crippen LogP contribution in [0.1, 0.15) is 27.7 Å². The smallest absolute Gasteiger partial charge is 0.398 e. The van der Waals surface area contributed by atoms with E-state index in [-0.39, 0.29) is 5.43 Å². The molecule has 1 saturated heterocycles. The molecule has 92 valence electrons. The average molecular weight is 236 g/mol. The third kappa shape index (κ3) is 2.10. The molecule has 6 heteroatoms. The summed E-state index contributed by atoms with van der Waals surface area (Å²) >= 11 is 0. The van der Waals surface area contributed by atoms with Gasteiger partial charge in [0.1, 0.15) is 5.82 Å². The predicted molar refractivity (Wildman–Crippen MR) is 67.2 cm³/mol. The minimum Gasteiger partial charge on any atom is -0.398 e. The highest BCUT2D eigenvalue weighted by molar-refractivity contribution is 6.61. The normalized spacial score (nSPS) is 21.8. The summed E-state index contributed by atoms with van der Waals surface area (Å²) in [5.74, 6) is 0.308. The maximum Gasteiger partial charge on any atom is 0.512 e. The molecule has 0 bridgehead atoms. The maximum absolute atomic E-state index is 11.4. The molecule has 0 unspecified atom stereocenters. The fraction of sp³-hybridized carbons (Fsp3) is 0.545. The van der Waals surface area contributed by atoms with Gasteiger partial charge in [-0.15, -0.1) is 0 Å². The minimum absolute atomic E-state index is 0.161. The van der Waals surface area contributed by atoms with Crippen LogP contribution in [-0.2, 0) is 9.31 Å². The molecule has 2 heterocycles. The van der Waals surface area contributed by atoms with Gasteiger partial charge in [0, 0.05) is 12.1 Å². The van der Waals surface area contributed by atoms with Crippen LogP contribution in [0.4, 0.5) is 5.82 Å². The number of hydrogen-bond donors (Lipinski definition) is 2. The highest BCUT2D eigenvalue weighted by atomic mass is 16.7. The fourth-order valence-electron chi connectivity index (χ4n) is 1.68. The SMILES string of the molecule is CC1(C)OB(c2cc(=O)cc(N)[nH]2)OC1(C)C. The summed E-state index contributed by atoms with van der Waals surface area (Å²) in [6.45, 7) is 7.82. The molecular formula is C11H17BN2O3. The molecule has 0 radical (unpaired) electrons. The van der Waals surface area contributed by atoms with E-state index in [1.165, 1.54) is 12.1 Å². The number of aromatic nitrogens is 1. The number of rotatable bonds is 1. The molecular weight excluding hydrogens is 219 g/mol. The van der Waals surface area contributed by atoms with E-state index < -0.39 is 18.3 Å². The van der Waals surface area contributed by atoms with E-state index in [9.17, 15) is 4.79 Å². The Morgan fingerprint density at radius 3 is 2.18 bits per heavy atom. The molecule has 1 aliphatic rings. The van der Waals surface area contributed by atoms with Gasteiger partial charge in [-0.05, 0) is 27.7 Å². The summed E-state index contributed by atoms with van der Waals surface area (Å²) in [5, 5.41) is 0. The highest BCUT2D eigenvalue weighted by Gasteiger charge is 2.52. The van der Waals surface area contributed by atoms with Crippen LogP contribution < -0.4 is 16.8 Å². The molecule has 1 aromatic rings. The van der Waals surface area contributed by atoms with Crippen LogP contribution >= 0.6 is 0 Å². The summed E-state index contributed by atoms with van der Waals surface area (Å²) in [4.78, 5) is 14.3. The van der Waals surface area contributed by atoms with Crippen LogP contribution in [0.2, 0.25) is 0 Å². The summed E-state index contributed by atoms with van der Waals surface area (Å²) < 4.78 is 11.6. The zero-order chi connectivity index (χ0) is 12.8. The number of aromatic amines is 1. The highest BCUT2D eigenvalue weighted by Crippen LogP contribution is 2.36. The van der Waals surface area contributed by atoms with Crippen molar-refractivity contribution >= 4 is 18.5 Å². The Kier molecular flexibility index (Phi) is 2.59. The third-order valence-electron chi connectivity index (χ3n) is 3.39. The van der Waals surface area contributed by atoms with Crippen molar-refractivity contribution in [2.75, 3.05) is 5.73 Å². The van der Waals surface area contributed by atoms with Crippen molar-refractivity contribution < 1.29 is 9.31 Å². The van der Waals surface area contributed by atoms with Gasteiger partial charge in [-0.2, -0.15) is 0 Å². The zero-order valence-corrected chi connectivity index (χ0v) is 10.5. The van der Waals surface area contributed by atoms with Crippen LogP contribution in [0.5, 0.6) is 0 Å². The Bertz CT molecular complexity index is 480. The predicted octanol–water partition coefficient (Wildman–Crippen LogP) is 0.256. The Hall–Kier alpha value is -1.27. The number of H-pyrrole nitrogens is 1. The Morgan fingerprint density at radius 1 is 1.18 bits per heavy atom. The van der Waals surface area contributed by atoms with Gasteiger partial charge in [-0.1, -0.05) is 0 Å². The van der Waals surface area contributed by atoms with Gasteiger partial charge in [0.05, 0.1) is 16.8 Å². The monoisotopic (exact) mass is 236 g/mol. The van der Waals surface area contributed by atoms with Crippen molar-refractivity contribution in [1.82, 2.24) is 4.98 Å². The molecule has 3 N–H and O–H groups in total. The molecule has 17 heavy (non-hydrogen) atoms. The third-order valence-corrected chi connectivity index (χ3v) is 3.39. The lowest BCUT2D eigenvalue weighted by atomic mass is 9.84. The molecule has 5 nitrogen and oxygen atoms in total. The first kappa shape index (κ1) is 12.2. The number of hydrogen-bond acceptors (Lipinski definition) is 4. The van der Waals surface area contributed by atoms with Gasteiger partial charge in [-0.3, -0.25) is 4.79 Å². The fourth-order valence-corrected chi connectivity index (χ4v) is 1.68. The summed E-state index contributed by atoms with van der Waals surface area (Å²) in [6, 6.07) is 2.77. The topological polar surface area (TPSA) is 77.3 Å². The van der Waals surface area contributed by atoms with E-state index in [0.29, 0.717) is 11.4 Å². The molecule has 1 aromatic heterocycles. The quantitative estimate of drug-likeness (QED) is 0.685. The standard InChI is InChI=1S/C11H17BN2O3/c1-10(2)11(3,4)17-12(16-10)8-5-7(15)6-9(13)14-8/h5-6H,1-4H3,(H3,13,14,15). The Balaban J connectivity index is 2.35.